The molecule has 0 fully saturated rings. The van der Waals surface area contributed by atoms with E-state index in [1.165, 1.54) is 16.9 Å². The Morgan fingerprint density at radius 2 is 2.04 bits per heavy atom. The van der Waals surface area contributed by atoms with E-state index in [1.807, 2.05) is 37.8 Å². The summed E-state index contributed by atoms with van der Waals surface area (Å²) in [6, 6.07) is 6.10. The summed E-state index contributed by atoms with van der Waals surface area (Å²) in [5.74, 6) is 0.810. The fourth-order valence-corrected chi connectivity index (χ4v) is 5.02. The Balaban J connectivity index is 1.81. The molecule has 4 rings (SSSR count). The first-order valence-electron chi connectivity index (χ1n) is 7.80. The predicted octanol–water partition coefficient (Wildman–Crippen LogP) is 4.58. The van der Waals surface area contributed by atoms with E-state index in [-0.39, 0.29) is 5.91 Å². The number of benzene rings is 1. The van der Waals surface area contributed by atoms with Crippen LogP contribution in [0.3, 0.4) is 0 Å². The molecule has 1 amide bonds. The Kier molecular flexibility index (Phi) is 3.69. The number of nitrogens with zero attached hydrogens (tertiary/aromatic N) is 3. The fraction of sp³-hybridized carbons (Fsp3) is 0.278. The maximum atomic E-state index is 13.2. The van der Waals surface area contributed by atoms with Crippen molar-refractivity contribution in [2.75, 3.05) is 11.4 Å². The van der Waals surface area contributed by atoms with Gasteiger partial charge in [0.1, 0.15) is 10.7 Å². The number of rotatable bonds is 1. The van der Waals surface area contributed by atoms with Crippen molar-refractivity contribution in [2.45, 2.75) is 27.2 Å². The van der Waals surface area contributed by atoms with Gasteiger partial charge in [0.2, 0.25) is 0 Å². The van der Waals surface area contributed by atoms with E-state index in [4.69, 9.17) is 0 Å². The summed E-state index contributed by atoms with van der Waals surface area (Å²) in [4.78, 5) is 25.7. The van der Waals surface area contributed by atoms with Crippen molar-refractivity contribution in [3.8, 4) is 0 Å². The van der Waals surface area contributed by atoms with E-state index in [2.05, 4.69) is 32.0 Å². The summed E-state index contributed by atoms with van der Waals surface area (Å²) in [7, 11) is 0. The maximum Gasteiger partial charge on any atom is 0.268 e. The highest BCUT2D eigenvalue weighted by Gasteiger charge is 2.29. The molecule has 0 saturated heterocycles. The average Bonchev–Trinajstić information content (AvgIpc) is 3.07. The van der Waals surface area contributed by atoms with Crippen LogP contribution in [0.25, 0.3) is 10.2 Å². The highest BCUT2D eigenvalue weighted by atomic mass is 79.9. The van der Waals surface area contributed by atoms with E-state index in [0.29, 0.717) is 0 Å². The summed E-state index contributed by atoms with van der Waals surface area (Å²) in [5, 5.41) is 1.02. The second-order valence-electron chi connectivity index (χ2n) is 6.07. The Bertz CT molecular complexity index is 996. The number of aromatic nitrogens is 2. The molecule has 6 heteroatoms. The van der Waals surface area contributed by atoms with Gasteiger partial charge in [0.15, 0.2) is 0 Å². The molecule has 1 aliphatic heterocycles. The highest BCUT2D eigenvalue weighted by Crippen LogP contribution is 2.36. The van der Waals surface area contributed by atoms with Crippen molar-refractivity contribution in [1.82, 2.24) is 9.97 Å². The zero-order valence-corrected chi connectivity index (χ0v) is 16.1. The molecule has 4 nitrogen and oxygen atoms in total. The van der Waals surface area contributed by atoms with E-state index in [1.54, 1.807) is 0 Å². The topological polar surface area (TPSA) is 46.1 Å². The number of carbonyl (C=O) groups is 1. The molecule has 0 aliphatic carbocycles. The lowest BCUT2D eigenvalue weighted by molar-refractivity contribution is 0.0993. The molecule has 0 atom stereocenters. The van der Waals surface area contributed by atoms with Crippen molar-refractivity contribution in [3.05, 3.63) is 50.2 Å². The summed E-state index contributed by atoms with van der Waals surface area (Å²) < 4.78 is 1.05. The molecule has 0 unspecified atom stereocenters. The highest BCUT2D eigenvalue weighted by molar-refractivity contribution is 9.10. The van der Waals surface area contributed by atoms with Crippen LogP contribution in [0.5, 0.6) is 0 Å². The van der Waals surface area contributed by atoms with Gasteiger partial charge in [0.25, 0.3) is 5.91 Å². The van der Waals surface area contributed by atoms with Gasteiger partial charge in [-0.15, -0.1) is 11.3 Å². The molecule has 122 valence electrons. The first-order chi connectivity index (χ1) is 11.5. The van der Waals surface area contributed by atoms with Gasteiger partial charge in [-0.3, -0.25) is 4.79 Å². The number of halogens is 1. The summed E-state index contributed by atoms with van der Waals surface area (Å²) in [5.41, 5.74) is 4.15. The van der Waals surface area contributed by atoms with Crippen LogP contribution in [0, 0.1) is 20.8 Å². The Morgan fingerprint density at radius 1 is 1.25 bits per heavy atom. The van der Waals surface area contributed by atoms with E-state index in [0.717, 1.165) is 55.3 Å². The van der Waals surface area contributed by atoms with Gasteiger partial charge in [0.05, 0.1) is 4.88 Å². The lowest BCUT2D eigenvalue weighted by Crippen LogP contribution is -2.28. The van der Waals surface area contributed by atoms with Crippen molar-refractivity contribution >= 4 is 49.1 Å². The molecule has 24 heavy (non-hydrogen) atoms. The molecule has 0 N–H and O–H groups in total. The first kappa shape index (κ1) is 15.7. The van der Waals surface area contributed by atoms with Crippen LogP contribution < -0.4 is 4.90 Å². The van der Waals surface area contributed by atoms with Crippen LogP contribution in [0.1, 0.15) is 32.3 Å². The van der Waals surface area contributed by atoms with Gasteiger partial charge < -0.3 is 4.90 Å². The van der Waals surface area contributed by atoms with Crippen LogP contribution in [0.2, 0.25) is 0 Å². The van der Waals surface area contributed by atoms with Crippen molar-refractivity contribution in [3.63, 3.8) is 0 Å². The third-order valence-electron chi connectivity index (χ3n) is 4.46. The van der Waals surface area contributed by atoms with Gasteiger partial charge in [-0.1, -0.05) is 15.9 Å². The molecule has 0 bridgehead atoms. The number of hydrogen-bond donors (Lipinski definition) is 0. The monoisotopic (exact) mass is 401 g/mol. The fourth-order valence-electron chi connectivity index (χ4n) is 3.38. The summed E-state index contributed by atoms with van der Waals surface area (Å²) in [6.07, 6.45) is 0.891. The number of aryl methyl sites for hydroxylation is 3. The van der Waals surface area contributed by atoms with Gasteiger partial charge in [-0.25, -0.2) is 9.97 Å². The molecule has 3 aromatic rings. The van der Waals surface area contributed by atoms with Gasteiger partial charge in [0, 0.05) is 27.8 Å². The van der Waals surface area contributed by atoms with Crippen LogP contribution >= 0.6 is 27.3 Å². The zero-order valence-electron chi connectivity index (χ0n) is 13.7. The van der Waals surface area contributed by atoms with Crippen molar-refractivity contribution in [1.29, 1.82) is 0 Å². The number of thiophene rings is 1. The minimum Gasteiger partial charge on any atom is -0.307 e. The van der Waals surface area contributed by atoms with Gasteiger partial charge in [-0.05, 0) is 56.5 Å². The summed E-state index contributed by atoms with van der Waals surface area (Å²) >= 11 is 4.97. The van der Waals surface area contributed by atoms with Crippen LogP contribution in [-0.2, 0) is 6.42 Å². The number of amides is 1. The standard InChI is InChI=1S/C18H16BrN3OS/c1-9-15-10(2)20-11(3)21-17(15)24-16(9)18(23)22-7-6-12-8-13(19)4-5-14(12)22/h4-5,8H,6-7H2,1-3H3. The number of fused-ring (bicyclic) bond motifs is 2. The Labute approximate surface area is 152 Å². The van der Waals surface area contributed by atoms with Crippen LogP contribution in [-0.4, -0.2) is 22.4 Å². The molecule has 0 spiro atoms. The SMILES string of the molecule is Cc1nc(C)c2c(C)c(C(=O)N3CCc4cc(Br)ccc43)sc2n1. The molecule has 0 saturated carbocycles. The Morgan fingerprint density at radius 3 is 2.83 bits per heavy atom. The number of anilines is 1. The summed E-state index contributed by atoms with van der Waals surface area (Å²) in [6.45, 7) is 6.59. The molecular weight excluding hydrogens is 386 g/mol. The van der Waals surface area contributed by atoms with Crippen LogP contribution in [0.15, 0.2) is 22.7 Å². The third kappa shape index (κ3) is 2.36. The zero-order chi connectivity index (χ0) is 17.0. The lowest BCUT2D eigenvalue weighted by Gasteiger charge is -2.17. The molecule has 0 radical (unpaired) electrons. The van der Waals surface area contributed by atoms with E-state index in [9.17, 15) is 4.79 Å². The normalized spacial score (nSPS) is 13.6. The second kappa shape index (κ2) is 5.63. The van der Waals surface area contributed by atoms with E-state index < -0.39 is 0 Å². The quantitative estimate of drug-likeness (QED) is 0.599. The molecule has 3 heterocycles. The number of hydrogen-bond acceptors (Lipinski definition) is 4. The maximum absolute atomic E-state index is 13.2. The molecule has 2 aromatic heterocycles. The Hall–Kier alpha value is -1.79. The predicted molar refractivity (Wildman–Crippen MR) is 101 cm³/mol. The molecule has 1 aromatic carbocycles. The average molecular weight is 402 g/mol. The van der Waals surface area contributed by atoms with Crippen molar-refractivity contribution in [2.24, 2.45) is 0 Å². The molecular formula is C18H16BrN3OS. The van der Waals surface area contributed by atoms with Gasteiger partial charge in [-0.2, -0.15) is 0 Å². The van der Waals surface area contributed by atoms with Crippen molar-refractivity contribution < 1.29 is 4.79 Å². The largest absolute Gasteiger partial charge is 0.307 e. The van der Waals surface area contributed by atoms with Crippen LogP contribution in [0.4, 0.5) is 5.69 Å². The van der Waals surface area contributed by atoms with Gasteiger partial charge >= 0.3 is 0 Å². The smallest absolute Gasteiger partial charge is 0.268 e. The van der Waals surface area contributed by atoms with E-state index >= 15 is 0 Å². The first-order valence-corrected chi connectivity index (χ1v) is 9.41. The number of carbonyl (C=O) groups excluding carboxylic acids is 1. The minimum absolute atomic E-state index is 0.0635. The minimum atomic E-state index is 0.0635. The molecule has 1 aliphatic rings. The second-order valence-corrected chi connectivity index (χ2v) is 7.99. The lowest BCUT2D eigenvalue weighted by atomic mass is 10.1. The third-order valence-corrected chi connectivity index (χ3v) is 6.13.